The van der Waals surface area contributed by atoms with Crippen LogP contribution in [0, 0.1) is 0 Å². The van der Waals surface area contributed by atoms with Crippen LogP contribution in [0.4, 0.5) is 0 Å². The SMILES string of the molecule is COc1ccc2c(c1)CCC1(CCCCN1CCCC(CCCNC(C)=O)(c1ccccc1)c1ccccc1)C2. The average molecular weight is 539 g/mol. The molecule has 3 aromatic carbocycles. The average Bonchev–Trinajstić information content (AvgIpc) is 3.00. The molecule has 0 aromatic heterocycles. The van der Waals surface area contributed by atoms with Crippen molar-refractivity contribution in [1.82, 2.24) is 10.2 Å². The van der Waals surface area contributed by atoms with E-state index >= 15 is 0 Å². The molecule has 1 saturated heterocycles. The number of carbonyl (C=O) groups excluding carboxylic acids is 1. The largest absolute Gasteiger partial charge is 0.497 e. The molecule has 4 heteroatoms. The Hall–Kier alpha value is -3.11. The first-order chi connectivity index (χ1) is 19.5. The Bertz CT molecular complexity index is 1200. The number of aryl methyl sites for hydroxylation is 1. The number of piperidine rings is 1. The van der Waals surface area contributed by atoms with Gasteiger partial charge in [-0.1, -0.05) is 73.2 Å². The number of hydrogen-bond donors (Lipinski definition) is 1. The topological polar surface area (TPSA) is 41.6 Å². The van der Waals surface area contributed by atoms with Crippen molar-refractivity contribution in [1.29, 1.82) is 0 Å². The van der Waals surface area contributed by atoms with E-state index in [-0.39, 0.29) is 16.9 Å². The van der Waals surface area contributed by atoms with E-state index < -0.39 is 0 Å². The number of carbonyl (C=O) groups is 1. The third kappa shape index (κ3) is 6.28. The number of amides is 1. The standard InChI is InChI=1S/C36H46N2O2/c1-29(39)37-24-11-21-36(32-13-5-3-6-14-32,33-15-7-4-8-16-33)22-12-26-38-25-10-9-20-35(38)23-19-30-27-34(40-2)18-17-31(30)28-35/h3-8,13-18,27H,9-12,19-26,28H2,1-2H3,(H,37,39). The Kier molecular flexibility index (Phi) is 9.26. The van der Waals surface area contributed by atoms with Gasteiger partial charge in [-0.3, -0.25) is 9.69 Å². The zero-order valence-electron chi connectivity index (χ0n) is 24.5. The molecule has 3 aromatic rings. The second kappa shape index (κ2) is 13.0. The number of benzene rings is 3. The lowest BCUT2D eigenvalue weighted by atomic mass is 9.68. The monoisotopic (exact) mass is 538 g/mol. The molecule has 1 fully saturated rings. The van der Waals surface area contributed by atoms with Crippen molar-refractivity contribution in [3.63, 3.8) is 0 Å². The van der Waals surface area contributed by atoms with Gasteiger partial charge in [0.1, 0.15) is 5.75 Å². The third-order valence-electron chi connectivity index (χ3n) is 9.62. The molecule has 0 bridgehead atoms. The van der Waals surface area contributed by atoms with E-state index in [0.717, 1.165) is 57.4 Å². The fraction of sp³-hybridized carbons (Fsp3) is 0.472. The van der Waals surface area contributed by atoms with Crippen LogP contribution in [0.25, 0.3) is 0 Å². The molecule has 2 aliphatic rings. The first kappa shape index (κ1) is 28.4. The van der Waals surface area contributed by atoms with Gasteiger partial charge in [0.15, 0.2) is 0 Å². The summed E-state index contributed by atoms with van der Waals surface area (Å²) in [6, 6.07) is 28.9. The molecule has 212 valence electrons. The summed E-state index contributed by atoms with van der Waals surface area (Å²) < 4.78 is 5.51. The molecule has 0 saturated carbocycles. The van der Waals surface area contributed by atoms with Crippen LogP contribution in [-0.2, 0) is 23.1 Å². The summed E-state index contributed by atoms with van der Waals surface area (Å²) >= 11 is 0. The Labute approximate surface area is 241 Å². The Morgan fingerprint density at radius 1 is 0.900 bits per heavy atom. The quantitative estimate of drug-likeness (QED) is 0.265. The van der Waals surface area contributed by atoms with Gasteiger partial charge in [0.25, 0.3) is 0 Å². The smallest absolute Gasteiger partial charge is 0.216 e. The molecule has 1 spiro atoms. The summed E-state index contributed by atoms with van der Waals surface area (Å²) in [6.07, 6.45) is 11.7. The molecular weight excluding hydrogens is 492 g/mol. The number of nitrogens with zero attached hydrogens (tertiary/aromatic N) is 1. The summed E-state index contributed by atoms with van der Waals surface area (Å²) in [5.41, 5.74) is 5.98. The molecule has 1 aliphatic carbocycles. The van der Waals surface area contributed by atoms with Crippen LogP contribution in [0.5, 0.6) is 5.75 Å². The van der Waals surface area contributed by atoms with Crippen molar-refractivity contribution < 1.29 is 9.53 Å². The van der Waals surface area contributed by atoms with Gasteiger partial charge in [0.2, 0.25) is 5.91 Å². The molecule has 1 unspecified atom stereocenters. The minimum Gasteiger partial charge on any atom is -0.497 e. The third-order valence-corrected chi connectivity index (χ3v) is 9.62. The molecule has 1 N–H and O–H groups in total. The summed E-state index contributed by atoms with van der Waals surface area (Å²) in [6.45, 7) is 4.67. The van der Waals surface area contributed by atoms with Gasteiger partial charge in [-0.25, -0.2) is 0 Å². The van der Waals surface area contributed by atoms with Crippen LogP contribution in [0.15, 0.2) is 78.9 Å². The van der Waals surface area contributed by atoms with Crippen LogP contribution < -0.4 is 10.1 Å². The zero-order valence-corrected chi connectivity index (χ0v) is 24.5. The van der Waals surface area contributed by atoms with E-state index in [0.29, 0.717) is 0 Å². The number of hydrogen-bond acceptors (Lipinski definition) is 3. The van der Waals surface area contributed by atoms with Gasteiger partial charge < -0.3 is 10.1 Å². The van der Waals surface area contributed by atoms with E-state index in [1.165, 1.54) is 54.5 Å². The molecule has 1 heterocycles. The normalized spacial score (nSPS) is 19.2. The molecule has 1 atom stereocenters. The van der Waals surface area contributed by atoms with Gasteiger partial charge in [0, 0.05) is 24.4 Å². The minimum atomic E-state index is -0.0698. The summed E-state index contributed by atoms with van der Waals surface area (Å²) in [7, 11) is 1.76. The molecule has 1 aliphatic heterocycles. The molecule has 0 radical (unpaired) electrons. The second-order valence-electron chi connectivity index (χ2n) is 12.0. The van der Waals surface area contributed by atoms with Gasteiger partial charge in [0.05, 0.1) is 7.11 Å². The molecule has 4 nitrogen and oxygen atoms in total. The van der Waals surface area contributed by atoms with E-state index in [2.05, 4.69) is 89.1 Å². The van der Waals surface area contributed by atoms with E-state index in [4.69, 9.17) is 4.74 Å². The van der Waals surface area contributed by atoms with Crippen molar-refractivity contribution in [3.8, 4) is 5.75 Å². The molecular formula is C36H46N2O2. The van der Waals surface area contributed by atoms with E-state index in [1.54, 1.807) is 14.0 Å². The Morgan fingerprint density at radius 2 is 1.60 bits per heavy atom. The molecule has 1 amide bonds. The number of rotatable bonds is 11. The maximum Gasteiger partial charge on any atom is 0.216 e. The zero-order chi connectivity index (χ0) is 27.8. The molecule has 40 heavy (non-hydrogen) atoms. The van der Waals surface area contributed by atoms with Crippen molar-refractivity contribution in [2.75, 3.05) is 26.7 Å². The minimum absolute atomic E-state index is 0.0490. The van der Waals surface area contributed by atoms with Gasteiger partial charge >= 0.3 is 0 Å². The van der Waals surface area contributed by atoms with Gasteiger partial charge in [-0.2, -0.15) is 0 Å². The lowest BCUT2D eigenvalue weighted by molar-refractivity contribution is -0.118. The number of fused-ring (bicyclic) bond motifs is 1. The maximum atomic E-state index is 11.6. The van der Waals surface area contributed by atoms with Crippen molar-refractivity contribution in [2.24, 2.45) is 0 Å². The lowest BCUT2D eigenvalue weighted by Gasteiger charge is -2.50. The highest BCUT2D eigenvalue weighted by atomic mass is 16.5. The van der Waals surface area contributed by atoms with Crippen LogP contribution in [-0.4, -0.2) is 43.1 Å². The highest BCUT2D eigenvalue weighted by Crippen LogP contribution is 2.43. The van der Waals surface area contributed by atoms with Crippen molar-refractivity contribution in [3.05, 3.63) is 101 Å². The van der Waals surface area contributed by atoms with E-state index in [1.807, 2.05) is 0 Å². The highest BCUT2D eigenvalue weighted by molar-refractivity contribution is 5.72. The van der Waals surface area contributed by atoms with Crippen molar-refractivity contribution in [2.45, 2.75) is 82.1 Å². The first-order valence-corrected chi connectivity index (χ1v) is 15.3. The highest BCUT2D eigenvalue weighted by Gasteiger charge is 2.41. The molecule has 5 rings (SSSR count). The summed E-state index contributed by atoms with van der Waals surface area (Å²) in [4.78, 5) is 14.5. The number of methoxy groups -OCH3 is 1. The number of nitrogens with one attached hydrogen (secondary N) is 1. The second-order valence-corrected chi connectivity index (χ2v) is 12.0. The predicted octanol–water partition coefficient (Wildman–Crippen LogP) is 7.09. The van der Waals surface area contributed by atoms with Crippen LogP contribution in [0.3, 0.4) is 0 Å². The van der Waals surface area contributed by atoms with Crippen molar-refractivity contribution >= 4 is 5.91 Å². The maximum absolute atomic E-state index is 11.6. The van der Waals surface area contributed by atoms with Gasteiger partial charge in [-0.05, 0) is 105 Å². The van der Waals surface area contributed by atoms with Gasteiger partial charge in [-0.15, -0.1) is 0 Å². The Balaban J connectivity index is 1.36. The Morgan fingerprint density at radius 3 is 2.27 bits per heavy atom. The van der Waals surface area contributed by atoms with Crippen LogP contribution in [0.1, 0.15) is 80.5 Å². The first-order valence-electron chi connectivity index (χ1n) is 15.3. The summed E-state index contributed by atoms with van der Waals surface area (Å²) in [5.74, 6) is 1.03. The fourth-order valence-corrected chi connectivity index (χ4v) is 7.54. The predicted molar refractivity (Wildman–Crippen MR) is 164 cm³/mol. The van der Waals surface area contributed by atoms with E-state index in [9.17, 15) is 4.79 Å². The number of ether oxygens (including phenoxy) is 1. The van der Waals surface area contributed by atoms with Crippen LogP contribution in [0.2, 0.25) is 0 Å². The number of likely N-dealkylation sites (tertiary alicyclic amines) is 1. The van der Waals surface area contributed by atoms with Crippen LogP contribution >= 0.6 is 0 Å². The fourth-order valence-electron chi connectivity index (χ4n) is 7.54. The lowest BCUT2D eigenvalue weighted by Crippen LogP contribution is -2.55. The summed E-state index contributed by atoms with van der Waals surface area (Å²) in [5, 5.41) is 3.03.